The summed E-state index contributed by atoms with van der Waals surface area (Å²) in [4.78, 5) is 11.4. The molecule has 5 N–H and O–H groups in total. The molecule has 8 heteroatoms. The van der Waals surface area contributed by atoms with Gasteiger partial charge in [-0.05, 0) is 187 Å². The number of hydrogen-bond acceptors (Lipinski definition) is 4. The lowest BCUT2D eigenvalue weighted by atomic mass is 9.60. The summed E-state index contributed by atoms with van der Waals surface area (Å²) in [6.07, 6.45) is 28.0. The third-order valence-corrected chi connectivity index (χ3v) is 17.5. The topological polar surface area (TPSA) is 95.6 Å². The number of nitrogens with two attached hydrogens (primary N) is 1. The van der Waals surface area contributed by atoms with Crippen LogP contribution in [0.15, 0.2) is 46.6 Å². The Bertz CT molecular complexity index is 1650. The molecule has 0 unspecified atom stereocenters. The molecule has 64 heavy (non-hydrogen) atoms. The number of nitrogens with one attached hydrogen (secondary N) is 1. The fourth-order valence-corrected chi connectivity index (χ4v) is 14.5. The zero-order valence-corrected chi connectivity index (χ0v) is 42.2. The van der Waals surface area contributed by atoms with Gasteiger partial charge < -0.3 is 21.3 Å². The molecule has 6 aliphatic carbocycles. The number of halogens is 3. The number of aliphatic hydroxyl groups is 2. The lowest BCUT2D eigenvalue weighted by molar-refractivity contribution is -0.174. The van der Waals surface area contributed by atoms with E-state index in [9.17, 15) is 28.2 Å². The van der Waals surface area contributed by atoms with Crippen molar-refractivity contribution >= 4 is 5.91 Å². The predicted molar refractivity (Wildman–Crippen MR) is 259 cm³/mol. The second kappa shape index (κ2) is 22.0. The SMILES string of the molecule is C[C@@H]1C/C(=C/C=C2\CCC[C@]3(C)[C@@H]([C@H](C)CCCC(C)(C)C)CC[C@@H]23)C[C@@H](N)C1.C[C@H](CCCC(C)(C)O)[C@H]1CC[C@H]2/C(=C/C=C3/C[C@@H](O)C[C@H](NC(=O)C(F)(F)F)C3)CCC[C@]12C. The molecule has 0 spiro atoms. The van der Waals surface area contributed by atoms with E-state index in [1.165, 1.54) is 89.0 Å². The van der Waals surface area contributed by atoms with Crippen molar-refractivity contribution < 1.29 is 28.2 Å². The Morgan fingerprint density at radius 2 is 1.27 bits per heavy atom. The fourth-order valence-electron chi connectivity index (χ4n) is 14.5. The number of carbonyl (C=O) groups excluding carboxylic acids is 1. The van der Waals surface area contributed by atoms with Gasteiger partial charge >= 0.3 is 12.1 Å². The second-order valence-electron chi connectivity index (χ2n) is 24.9. The quantitative estimate of drug-likeness (QED) is 0.157. The number of hydrogen-bond donors (Lipinski definition) is 4. The van der Waals surface area contributed by atoms with Gasteiger partial charge in [0.25, 0.3) is 0 Å². The molecule has 6 saturated carbocycles. The van der Waals surface area contributed by atoms with Gasteiger partial charge in [-0.15, -0.1) is 0 Å². The number of rotatable bonds is 12. The van der Waals surface area contributed by atoms with Crippen molar-refractivity contribution in [1.29, 1.82) is 0 Å². The first-order valence-corrected chi connectivity index (χ1v) is 26.1. The number of fused-ring (bicyclic) bond motifs is 2. The maximum atomic E-state index is 12.6. The Labute approximate surface area is 388 Å². The van der Waals surface area contributed by atoms with Gasteiger partial charge in [-0.3, -0.25) is 4.79 Å². The Kier molecular flexibility index (Phi) is 18.3. The Morgan fingerprint density at radius 1 is 0.766 bits per heavy atom. The number of alkyl halides is 3. The molecule has 6 fully saturated rings. The standard InChI is InChI=1S/C28H44F3NO3.C28H49N/c1-18(7-5-13-26(2,3)35)23-11-12-24-20(8-6-14-27(23,24)4)10-9-19-15-21(17-22(33)16-19)32-25(34)28(29,30)31;1-20-17-22(19-24(29)18-20)11-12-23-10-8-16-28(6)25(13-14-26(23)28)21(2)9-7-15-27(3,4)5/h9-10,18,21-24,33,35H,5-8,11-17H2,1-4H3,(H,32,34);11-12,20-21,24-26H,7-10,13-19,29H2,1-6H3/b19-9+,20-10+;22-11-,23-12+/t18-,21-,22-,23-,24+,27-;20-,21-,24+,25-,26+,28-/m11/s1. The molecule has 6 aliphatic rings. The third-order valence-electron chi connectivity index (χ3n) is 17.5. The van der Waals surface area contributed by atoms with Crippen LogP contribution in [0.3, 0.4) is 0 Å². The molecule has 5 nitrogen and oxygen atoms in total. The average Bonchev–Trinajstić information content (AvgIpc) is 3.72. The minimum atomic E-state index is -4.91. The Morgan fingerprint density at radius 3 is 1.73 bits per heavy atom. The van der Waals surface area contributed by atoms with Crippen LogP contribution in [0.25, 0.3) is 0 Å². The first-order chi connectivity index (χ1) is 29.8. The van der Waals surface area contributed by atoms with Gasteiger partial charge in [-0.25, -0.2) is 0 Å². The molecule has 0 heterocycles. The average molecular weight is 899 g/mol. The van der Waals surface area contributed by atoms with Crippen molar-refractivity contribution in [2.75, 3.05) is 0 Å². The summed E-state index contributed by atoms with van der Waals surface area (Å²) in [6.45, 7) is 23.3. The van der Waals surface area contributed by atoms with E-state index in [0.717, 1.165) is 67.8 Å². The first-order valence-electron chi connectivity index (χ1n) is 26.1. The van der Waals surface area contributed by atoms with Crippen molar-refractivity contribution in [1.82, 2.24) is 5.32 Å². The third kappa shape index (κ3) is 14.6. The summed E-state index contributed by atoms with van der Waals surface area (Å²) < 4.78 is 37.9. The molecular formula is C56H93F3N2O3. The van der Waals surface area contributed by atoms with Crippen LogP contribution in [0, 0.1) is 57.7 Å². The smallest absolute Gasteiger partial charge is 0.393 e. The van der Waals surface area contributed by atoms with Crippen LogP contribution < -0.4 is 11.1 Å². The number of aliphatic hydroxyl groups excluding tert-OH is 1. The highest BCUT2D eigenvalue weighted by atomic mass is 19.4. The minimum Gasteiger partial charge on any atom is -0.393 e. The van der Waals surface area contributed by atoms with Crippen LogP contribution >= 0.6 is 0 Å². The Balaban J connectivity index is 0.000000245. The predicted octanol–water partition coefficient (Wildman–Crippen LogP) is 14.3. The molecule has 0 bridgehead atoms. The van der Waals surface area contributed by atoms with Gasteiger partial charge in [0, 0.05) is 12.1 Å². The maximum absolute atomic E-state index is 12.6. The lowest BCUT2D eigenvalue weighted by Crippen LogP contribution is -2.46. The molecule has 0 radical (unpaired) electrons. The summed E-state index contributed by atoms with van der Waals surface area (Å²) in [5, 5.41) is 22.3. The highest BCUT2D eigenvalue weighted by Crippen LogP contribution is 2.61. The van der Waals surface area contributed by atoms with E-state index in [1.54, 1.807) is 11.1 Å². The van der Waals surface area contributed by atoms with Crippen LogP contribution in [-0.2, 0) is 4.79 Å². The summed E-state index contributed by atoms with van der Waals surface area (Å²) in [5.74, 6) is 3.23. The molecule has 0 aromatic carbocycles. The van der Waals surface area contributed by atoms with Crippen LogP contribution in [0.2, 0.25) is 0 Å². The molecule has 0 saturated heterocycles. The van der Waals surface area contributed by atoms with Crippen molar-refractivity contribution in [2.24, 2.45) is 63.4 Å². The summed E-state index contributed by atoms with van der Waals surface area (Å²) >= 11 is 0. The van der Waals surface area contributed by atoms with E-state index in [4.69, 9.17) is 5.73 Å². The van der Waals surface area contributed by atoms with Gasteiger partial charge in [0.15, 0.2) is 0 Å². The summed E-state index contributed by atoms with van der Waals surface area (Å²) in [6, 6.07) is -0.320. The zero-order chi connectivity index (χ0) is 47.3. The van der Waals surface area contributed by atoms with E-state index >= 15 is 0 Å². The van der Waals surface area contributed by atoms with Gasteiger partial charge in [0.2, 0.25) is 0 Å². The molecule has 1 amide bonds. The van der Waals surface area contributed by atoms with Crippen molar-refractivity contribution in [3.8, 4) is 0 Å². The lowest BCUT2D eigenvalue weighted by Gasteiger charge is -2.44. The summed E-state index contributed by atoms with van der Waals surface area (Å²) in [7, 11) is 0. The van der Waals surface area contributed by atoms with E-state index < -0.39 is 29.8 Å². The highest BCUT2D eigenvalue weighted by molar-refractivity contribution is 5.82. The molecule has 366 valence electrons. The van der Waals surface area contributed by atoms with Crippen LogP contribution in [0.4, 0.5) is 13.2 Å². The second-order valence-corrected chi connectivity index (χ2v) is 24.9. The molecule has 0 aromatic rings. The van der Waals surface area contributed by atoms with E-state index in [1.807, 2.05) is 25.2 Å². The van der Waals surface area contributed by atoms with Crippen LogP contribution in [0.5, 0.6) is 0 Å². The molecule has 6 rings (SSSR count). The maximum Gasteiger partial charge on any atom is 0.471 e. The molecule has 12 atom stereocenters. The van der Waals surface area contributed by atoms with Crippen molar-refractivity contribution in [3.63, 3.8) is 0 Å². The van der Waals surface area contributed by atoms with Gasteiger partial charge in [0.1, 0.15) is 0 Å². The number of amides is 1. The minimum absolute atomic E-state index is 0.142. The number of carbonyl (C=O) groups is 1. The fraction of sp³-hybridized carbons (Fsp3) is 0.839. The monoisotopic (exact) mass is 899 g/mol. The molecular weight excluding hydrogens is 806 g/mol. The Hall–Kier alpha value is -1.90. The van der Waals surface area contributed by atoms with Gasteiger partial charge in [-0.2, -0.15) is 13.2 Å². The van der Waals surface area contributed by atoms with Crippen LogP contribution in [0.1, 0.15) is 210 Å². The largest absolute Gasteiger partial charge is 0.471 e. The highest BCUT2D eigenvalue weighted by Gasteiger charge is 2.52. The zero-order valence-electron chi connectivity index (χ0n) is 42.2. The van der Waals surface area contributed by atoms with Crippen molar-refractivity contribution in [2.45, 2.75) is 240 Å². The number of allylic oxidation sites excluding steroid dienone is 6. The van der Waals surface area contributed by atoms with Crippen molar-refractivity contribution in [3.05, 3.63) is 46.6 Å². The first kappa shape index (κ1) is 53.1. The van der Waals surface area contributed by atoms with E-state index in [-0.39, 0.29) is 11.8 Å². The van der Waals surface area contributed by atoms with E-state index in [2.05, 4.69) is 73.6 Å². The normalized spacial score (nSPS) is 37.2. The van der Waals surface area contributed by atoms with Crippen LogP contribution in [-0.4, -0.2) is 46.1 Å². The van der Waals surface area contributed by atoms with Gasteiger partial charge in [-0.1, -0.05) is 128 Å². The molecule has 0 aromatic heterocycles. The molecule has 0 aliphatic heterocycles. The van der Waals surface area contributed by atoms with Gasteiger partial charge in [0.05, 0.1) is 11.7 Å². The van der Waals surface area contributed by atoms with E-state index in [0.29, 0.717) is 47.5 Å². The summed E-state index contributed by atoms with van der Waals surface area (Å²) in [5.41, 5.74) is 12.6.